The van der Waals surface area contributed by atoms with Crippen molar-refractivity contribution in [1.29, 1.82) is 0 Å². The van der Waals surface area contributed by atoms with Crippen LogP contribution in [0.3, 0.4) is 0 Å². The number of Topliss-reactive ketones (excluding diaryl/α,β-unsaturated/α-hetero) is 1. The lowest BCUT2D eigenvalue weighted by Gasteiger charge is -2.26. The Morgan fingerprint density at radius 2 is 1.91 bits per heavy atom. The predicted octanol–water partition coefficient (Wildman–Crippen LogP) is 4.70. The minimum Gasteiger partial charge on any atom is -0.431 e. The van der Waals surface area contributed by atoms with Crippen molar-refractivity contribution in [3.63, 3.8) is 0 Å². The van der Waals surface area contributed by atoms with Gasteiger partial charge in [-0.3, -0.25) is 14.6 Å². The first-order valence-corrected chi connectivity index (χ1v) is 9.80. The molecule has 0 radical (unpaired) electrons. The van der Waals surface area contributed by atoms with Crippen LogP contribution in [-0.2, 0) is 9.53 Å². The standard InChI is InChI=1S/C22H22F4N2O4/c1-10-16(13-5-6-14(23)17(24)18(13)31-21(25)26)19(32-22(10,3)4)20(30)28-12-7-8-27-15(9-12)11(2)29/h5-10,16,19,21H,1-4H3,(H,27,28,30)/t10-,16-,19+/m1/s1. The third-order valence-electron chi connectivity index (χ3n) is 5.69. The molecule has 6 nitrogen and oxygen atoms in total. The van der Waals surface area contributed by atoms with Crippen LogP contribution in [0, 0.1) is 17.6 Å². The van der Waals surface area contributed by atoms with Crippen molar-refractivity contribution in [2.75, 3.05) is 5.32 Å². The predicted molar refractivity (Wildman–Crippen MR) is 107 cm³/mol. The zero-order valence-corrected chi connectivity index (χ0v) is 17.8. The van der Waals surface area contributed by atoms with Crippen molar-refractivity contribution >= 4 is 17.4 Å². The number of hydrogen-bond acceptors (Lipinski definition) is 5. The first-order chi connectivity index (χ1) is 14.9. The highest BCUT2D eigenvalue weighted by Crippen LogP contribution is 2.49. The number of nitrogens with zero attached hydrogens (tertiary/aromatic N) is 1. The van der Waals surface area contributed by atoms with E-state index in [0.717, 1.165) is 12.1 Å². The fourth-order valence-electron chi connectivity index (χ4n) is 3.78. The Hall–Kier alpha value is -3.01. The van der Waals surface area contributed by atoms with E-state index in [9.17, 15) is 27.2 Å². The lowest BCUT2D eigenvalue weighted by molar-refractivity contribution is -0.131. The quantitative estimate of drug-likeness (QED) is 0.506. The number of hydrogen-bond donors (Lipinski definition) is 1. The van der Waals surface area contributed by atoms with E-state index in [1.807, 2.05) is 0 Å². The van der Waals surface area contributed by atoms with Crippen molar-refractivity contribution in [3.05, 3.63) is 53.4 Å². The Balaban J connectivity index is 2.01. The zero-order valence-electron chi connectivity index (χ0n) is 17.8. The molecule has 2 heterocycles. The molecule has 0 unspecified atom stereocenters. The molecule has 0 bridgehead atoms. The van der Waals surface area contributed by atoms with Crippen LogP contribution < -0.4 is 10.1 Å². The monoisotopic (exact) mass is 454 g/mol. The molecule has 3 rings (SSSR count). The number of anilines is 1. The Morgan fingerprint density at radius 3 is 2.53 bits per heavy atom. The minimum absolute atomic E-state index is 0.110. The van der Waals surface area contributed by atoms with Crippen molar-refractivity contribution in [2.24, 2.45) is 5.92 Å². The number of ether oxygens (including phenoxy) is 2. The van der Waals surface area contributed by atoms with Gasteiger partial charge in [0.25, 0.3) is 5.91 Å². The molecule has 1 aliphatic rings. The average molecular weight is 454 g/mol. The summed E-state index contributed by atoms with van der Waals surface area (Å²) >= 11 is 0. The van der Waals surface area contributed by atoms with Crippen LogP contribution >= 0.6 is 0 Å². The number of nitrogens with one attached hydrogen (secondary N) is 1. The molecule has 3 atom stereocenters. The van der Waals surface area contributed by atoms with E-state index in [0.29, 0.717) is 0 Å². The summed E-state index contributed by atoms with van der Waals surface area (Å²) in [6, 6.07) is 4.74. The van der Waals surface area contributed by atoms with Crippen LogP contribution in [0.2, 0.25) is 0 Å². The topological polar surface area (TPSA) is 77.5 Å². The van der Waals surface area contributed by atoms with Crippen LogP contribution in [0.25, 0.3) is 0 Å². The average Bonchev–Trinajstić information content (AvgIpc) is 2.95. The van der Waals surface area contributed by atoms with E-state index in [4.69, 9.17) is 4.74 Å². The highest BCUT2D eigenvalue weighted by molar-refractivity contribution is 5.97. The molecule has 1 aromatic heterocycles. The van der Waals surface area contributed by atoms with E-state index < -0.39 is 53.4 Å². The van der Waals surface area contributed by atoms with Crippen LogP contribution in [0.1, 0.15) is 49.7 Å². The second kappa shape index (κ2) is 8.85. The van der Waals surface area contributed by atoms with E-state index in [2.05, 4.69) is 15.0 Å². The molecule has 1 amide bonds. The zero-order chi connectivity index (χ0) is 23.8. The van der Waals surface area contributed by atoms with Gasteiger partial charge in [-0.1, -0.05) is 13.0 Å². The van der Waals surface area contributed by atoms with E-state index in [1.165, 1.54) is 25.3 Å². The van der Waals surface area contributed by atoms with Crippen LogP contribution in [0.4, 0.5) is 23.2 Å². The van der Waals surface area contributed by atoms with Gasteiger partial charge >= 0.3 is 6.61 Å². The van der Waals surface area contributed by atoms with Crippen molar-refractivity contribution in [3.8, 4) is 5.75 Å². The third kappa shape index (κ3) is 4.59. The van der Waals surface area contributed by atoms with Gasteiger partial charge in [0.15, 0.2) is 17.3 Å². The molecule has 0 saturated carbocycles. The second-order valence-electron chi connectivity index (χ2n) is 8.09. The Bertz CT molecular complexity index is 1040. The summed E-state index contributed by atoms with van der Waals surface area (Å²) in [5.74, 6) is -6.23. The minimum atomic E-state index is -3.40. The SMILES string of the molecule is CC(=O)c1cc(NC(=O)[C@H]2OC(C)(C)[C@H](C)[C@@H]2c2ccc(F)c(F)c2OC(F)F)ccn1. The second-order valence-corrected chi connectivity index (χ2v) is 8.09. The largest absolute Gasteiger partial charge is 0.431 e. The Kier molecular flexibility index (Phi) is 6.54. The normalized spacial score (nSPS) is 22.1. The van der Waals surface area contributed by atoms with Crippen LogP contribution in [-0.4, -0.2) is 35.0 Å². The van der Waals surface area contributed by atoms with Gasteiger partial charge in [-0.2, -0.15) is 13.2 Å². The maximum absolute atomic E-state index is 14.4. The fourth-order valence-corrected chi connectivity index (χ4v) is 3.78. The van der Waals surface area contributed by atoms with Gasteiger partial charge < -0.3 is 14.8 Å². The summed E-state index contributed by atoms with van der Waals surface area (Å²) in [5, 5.41) is 2.61. The summed E-state index contributed by atoms with van der Waals surface area (Å²) < 4.78 is 64.2. The summed E-state index contributed by atoms with van der Waals surface area (Å²) in [5.41, 5.74) is -0.609. The number of rotatable bonds is 6. The van der Waals surface area contributed by atoms with Crippen molar-refractivity contribution in [1.82, 2.24) is 4.98 Å². The molecular weight excluding hydrogens is 432 g/mol. The van der Waals surface area contributed by atoms with Gasteiger partial charge in [0.1, 0.15) is 11.8 Å². The molecule has 1 N–H and O–H groups in total. The Morgan fingerprint density at radius 1 is 1.22 bits per heavy atom. The number of alkyl halides is 2. The summed E-state index contributed by atoms with van der Waals surface area (Å²) in [7, 11) is 0. The van der Waals surface area contributed by atoms with Crippen molar-refractivity contribution < 1.29 is 36.6 Å². The van der Waals surface area contributed by atoms with Gasteiger partial charge in [0.05, 0.1) is 5.60 Å². The first kappa shape index (κ1) is 23.6. The molecule has 1 aliphatic heterocycles. The number of benzene rings is 1. The number of aromatic nitrogens is 1. The molecule has 1 fully saturated rings. The molecule has 172 valence electrons. The molecule has 1 aromatic carbocycles. The van der Waals surface area contributed by atoms with Gasteiger partial charge in [-0.25, -0.2) is 4.39 Å². The number of halogens is 4. The summed E-state index contributed by atoms with van der Waals surface area (Å²) in [6.07, 6.45) is 0.106. The summed E-state index contributed by atoms with van der Waals surface area (Å²) in [6.45, 7) is 3.04. The lowest BCUT2D eigenvalue weighted by atomic mass is 9.78. The molecule has 1 saturated heterocycles. The van der Waals surface area contributed by atoms with Crippen LogP contribution in [0.5, 0.6) is 5.75 Å². The number of amides is 1. The summed E-state index contributed by atoms with van der Waals surface area (Å²) in [4.78, 5) is 28.6. The van der Waals surface area contributed by atoms with E-state index in [1.54, 1.807) is 20.8 Å². The fraction of sp³-hybridized carbons (Fsp3) is 0.409. The Labute approximate surface area is 181 Å². The molecule has 2 aromatic rings. The highest BCUT2D eigenvalue weighted by atomic mass is 19.3. The van der Waals surface area contributed by atoms with Crippen LogP contribution in [0.15, 0.2) is 30.5 Å². The molecule has 10 heteroatoms. The van der Waals surface area contributed by atoms with E-state index >= 15 is 0 Å². The maximum atomic E-state index is 14.4. The maximum Gasteiger partial charge on any atom is 0.387 e. The number of pyridine rings is 1. The van der Waals surface area contributed by atoms with Crippen molar-refractivity contribution in [2.45, 2.75) is 51.9 Å². The smallest absolute Gasteiger partial charge is 0.387 e. The first-order valence-electron chi connectivity index (χ1n) is 9.80. The van der Waals surface area contributed by atoms with Gasteiger partial charge in [-0.05, 0) is 38.0 Å². The third-order valence-corrected chi connectivity index (χ3v) is 5.69. The molecule has 32 heavy (non-hydrogen) atoms. The van der Waals surface area contributed by atoms with Gasteiger partial charge in [0, 0.05) is 30.3 Å². The van der Waals surface area contributed by atoms with Gasteiger partial charge in [-0.15, -0.1) is 0 Å². The molecular formula is C22H22F4N2O4. The number of ketones is 1. The lowest BCUT2D eigenvalue weighted by Crippen LogP contribution is -2.33. The highest BCUT2D eigenvalue weighted by Gasteiger charge is 2.51. The van der Waals surface area contributed by atoms with E-state index in [-0.39, 0.29) is 22.7 Å². The number of carbonyl (C=O) groups is 2. The number of carbonyl (C=O) groups excluding carboxylic acids is 2. The molecule has 0 spiro atoms. The van der Waals surface area contributed by atoms with Gasteiger partial charge in [0.2, 0.25) is 5.82 Å². The molecule has 0 aliphatic carbocycles.